The highest BCUT2D eigenvalue weighted by atomic mass is 19.1. The Bertz CT molecular complexity index is 673. The largest absolute Gasteiger partial charge is 0.450 e. The summed E-state index contributed by atoms with van der Waals surface area (Å²) in [5.41, 5.74) is 1.35. The molecule has 0 saturated carbocycles. The monoisotopic (exact) mass is 322 g/mol. The molecule has 1 atom stereocenters. The molecule has 0 aliphatic heterocycles. The van der Waals surface area contributed by atoms with Gasteiger partial charge in [0.15, 0.2) is 5.78 Å². The van der Waals surface area contributed by atoms with Gasteiger partial charge in [0, 0.05) is 12.5 Å². The van der Waals surface area contributed by atoms with Crippen LogP contribution in [0.5, 0.6) is 0 Å². The van der Waals surface area contributed by atoms with Gasteiger partial charge in [-0.05, 0) is 43.9 Å². The molecule has 0 saturated heterocycles. The first-order chi connectivity index (χ1) is 10.8. The SMILES string of the molecule is CCOC(=O)N[C@H]1CCc2c(C)c(F)cc(NC(C)=O)c2C1=O. The van der Waals surface area contributed by atoms with Crippen LogP contribution in [0.2, 0.25) is 0 Å². The Hall–Kier alpha value is -2.44. The van der Waals surface area contributed by atoms with Crippen LogP contribution in [-0.2, 0) is 16.0 Å². The number of carbonyl (C=O) groups excluding carboxylic acids is 3. The van der Waals surface area contributed by atoms with Crippen molar-refractivity contribution in [3.63, 3.8) is 0 Å². The second kappa shape index (κ2) is 6.76. The summed E-state index contributed by atoms with van der Waals surface area (Å²) in [5.74, 6) is -1.23. The van der Waals surface area contributed by atoms with Gasteiger partial charge in [0.25, 0.3) is 0 Å². The summed E-state index contributed by atoms with van der Waals surface area (Å²) in [6.45, 7) is 4.74. The minimum atomic E-state index is -0.751. The topological polar surface area (TPSA) is 84.5 Å². The molecule has 1 aromatic carbocycles. The van der Waals surface area contributed by atoms with Crippen molar-refractivity contribution < 1.29 is 23.5 Å². The molecule has 124 valence electrons. The number of hydrogen-bond donors (Lipinski definition) is 2. The second-order valence-corrected chi connectivity index (χ2v) is 5.39. The maximum Gasteiger partial charge on any atom is 0.407 e. The van der Waals surface area contributed by atoms with Crippen molar-refractivity contribution in [2.24, 2.45) is 0 Å². The van der Waals surface area contributed by atoms with E-state index in [1.54, 1.807) is 13.8 Å². The van der Waals surface area contributed by atoms with Crippen molar-refractivity contribution in [1.29, 1.82) is 0 Å². The van der Waals surface area contributed by atoms with Gasteiger partial charge in [-0.2, -0.15) is 0 Å². The van der Waals surface area contributed by atoms with Crippen LogP contribution in [0.4, 0.5) is 14.9 Å². The Morgan fingerprint density at radius 3 is 2.74 bits per heavy atom. The first-order valence-electron chi connectivity index (χ1n) is 7.42. The third-order valence-corrected chi connectivity index (χ3v) is 3.78. The van der Waals surface area contributed by atoms with E-state index >= 15 is 0 Å². The van der Waals surface area contributed by atoms with Gasteiger partial charge in [-0.3, -0.25) is 9.59 Å². The number of rotatable bonds is 3. The summed E-state index contributed by atoms with van der Waals surface area (Å²) in [5, 5.41) is 4.99. The molecular formula is C16H19FN2O4. The van der Waals surface area contributed by atoms with E-state index in [9.17, 15) is 18.8 Å². The van der Waals surface area contributed by atoms with Crippen LogP contribution in [0.3, 0.4) is 0 Å². The molecule has 1 aliphatic carbocycles. The van der Waals surface area contributed by atoms with Crippen LogP contribution in [0.25, 0.3) is 0 Å². The average Bonchev–Trinajstić information content (AvgIpc) is 2.46. The Labute approximate surface area is 133 Å². The molecule has 0 heterocycles. The standard InChI is InChI=1S/C16H19FN2O4/c1-4-23-16(22)19-12-6-5-10-8(2)11(17)7-13(18-9(3)20)14(10)15(12)21/h7,12H,4-6H2,1-3H3,(H,18,20)(H,19,22)/t12-/m0/s1. The van der Waals surface area contributed by atoms with Crippen molar-refractivity contribution in [1.82, 2.24) is 5.32 Å². The van der Waals surface area contributed by atoms with Gasteiger partial charge in [0.2, 0.25) is 5.91 Å². The van der Waals surface area contributed by atoms with Crippen molar-refractivity contribution >= 4 is 23.5 Å². The van der Waals surface area contributed by atoms with Gasteiger partial charge < -0.3 is 15.4 Å². The zero-order valence-electron chi connectivity index (χ0n) is 13.3. The van der Waals surface area contributed by atoms with Crippen molar-refractivity contribution in [2.45, 2.75) is 39.7 Å². The Morgan fingerprint density at radius 2 is 2.13 bits per heavy atom. The number of nitrogens with one attached hydrogen (secondary N) is 2. The molecule has 0 spiro atoms. The van der Waals surface area contributed by atoms with E-state index in [2.05, 4.69) is 10.6 Å². The molecular weight excluding hydrogens is 303 g/mol. The lowest BCUT2D eigenvalue weighted by Crippen LogP contribution is -2.44. The quantitative estimate of drug-likeness (QED) is 0.894. The number of ether oxygens (including phenoxy) is 1. The van der Waals surface area contributed by atoms with Crippen LogP contribution in [0, 0.1) is 12.7 Å². The molecule has 2 rings (SSSR count). The van der Waals surface area contributed by atoms with E-state index in [4.69, 9.17) is 4.74 Å². The maximum atomic E-state index is 14.0. The summed E-state index contributed by atoms with van der Waals surface area (Å²) in [6.07, 6.45) is 0.109. The van der Waals surface area contributed by atoms with Gasteiger partial charge in [-0.15, -0.1) is 0 Å². The van der Waals surface area contributed by atoms with Gasteiger partial charge in [0.05, 0.1) is 18.3 Å². The summed E-state index contributed by atoms with van der Waals surface area (Å²) in [6, 6.07) is 0.388. The number of Topliss-reactive ketones (excluding diaryl/α,β-unsaturated/α-hetero) is 1. The fourth-order valence-corrected chi connectivity index (χ4v) is 2.73. The summed E-state index contributed by atoms with van der Waals surface area (Å²) < 4.78 is 18.8. The Balaban J connectivity index is 2.40. The smallest absolute Gasteiger partial charge is 0.407 e. The Kier molecular flexibility index (Phi) is 4.98. The van der Waals surface area contributed by atoms with Gasteiger partial charge >= 0.3 is 6.09 Å². The molecule has 2 N–H and O–H groups in total. The van der Waals surface area contributed by atoms with E-state index in [-0.39, 0.29) is 23.6 Å². The van der Waals surface area contributed by atoms with Crippen LogP contribution in [0.1, 0.15) is 41.8 Å². The predicted molar refractivity (Wildman–Crippen MR) is 82.0 cm³/mol. The molecule has 6 nitrogen and oxygen atoms in total. The molecule has 0 fully saturated rings. The molecule has 2 amide bonds. The molecule has 0 bridgehead atoms. The maximum absolute atomic E-state index is 14.0. The van der Waals surface area contributed by atoms with E-state index in [0.717, 1.165) is 6.07 Å². The van der Waals surface area contributed by atoms with Crippen LogP contribution in [-0.4, -0.2) is 30.4 Å². The van der Waals surface area contributed by atoms with E-state index in [0.29, 0.717) is 24.0 Å². The fourth-order valence-electron chi connectivity index (χ4n) is 2.73. The lowest BCUT2D eigenvalue weighted by atomic mass is 9.83. The van der Waals surface area contributed by atoms with E-state index in [1.165, 1.54) is 6.92 Å². The number of hydrogen-bond acceptors (Lipinski definition) is 4. The van der Waals surface area contributed by atoms with Crippen LogP contribution < -0.4 is 10.6 Å². The number of halogens is 1. The average molecular weight is 322 g/mol. The highest BCUT2D eigenvalue weighted by Crippen LogP contribution is 2.32. The first-order valence-corrected chi connectivity index (χ1v) is 7.42. The Morgan fingerprint density at radius 1 is 1.43 bits per heavy atom. The zero-order valence-corrected chi connectivity index (χ0v) is 13.3. The molecule has 0 unspecified atom stereocenters. The van der Waals surface area contributed by atoms with Crippen LogP contribution in [0.15, 0.2) is 6.07 Å². The second-order valence-electron chi connectivity index (χ2n) is 5.39. The molecule has 23 heavy (non-hydrogen) atoms. The highest BCUT2D eigenvalue weighted by Gasteiger charge is 2.33. The number of ketones is 1. The lowest BCUT2D eigenvalue weighted by Gasteiger charge is -2.27. The minimum absolute atomic E-state index is 0.135. The molecule has 0 aromatic heterocycles. The zero-order chi connectivity index (χ0) is 17.1. The van der Waals surface area contributed by atoms with Gasteiger partial charge in [0.1, 0.15) is 5.82 Å². The van der Waals surface area contributed by atoms with E-state index in [1.807, 2.05) is 0 Å². The van der Waals surface area contributed by atoms with Crippen LogP contribution >= 0.6 is 0 Å². The molecule has 7 heteroatoms. The number of carbonyl (C=O) groups is 3. The predicted octanol–water partition coefficient (Wildman–Crippen LogP) is 2.34. The molecule has 1 aromatic rings. The van der Waals surface area contributed by atoms with Gasteiger partial charge in [-0.25, -0.2) is 9.18 Å². The molecule has 0 radical (unpaired) electrons. The minimum Gasteiger partial charge on any atom is -0.450 e. The number of anilines is 1. The normalized spacial score (nSPS) is 16.5. The lowest BCUT2D eigenvalue weighted by molar-refractivity contribution is -0.114. The van der Waals surface area contributed by atoms with Crippen molar-refractivity contribution in [2.75, 3.05) is 11.9 Å². The van der Waals surface area contributed by atoms with Crippen molar-refractivity contribution in [3.05, 3.63) is 28.6 Å². The first kappa shape index (κ1) is 16.9. The number of fused-ring (bicyclic) bond motifs is 1. The number of benzene rings is 1. The summed E-state index contributed by atoms with van der Waals surface area (Å²) in [7, 11) is 0. The number of alkyl carbamates (subject to hydrolysis) is 1. The third-order valence-electron chi connectivity index (χ3n) is 3.78. The van der Waals surface area contributed by atoms with Crippen molar-refractivity contribution in [3.8, 4) is 0 Å². The summed E-state index contributed by atoms with van der Waals surface area (Å²) in [4.78, 5) is 35.5. The molecule has 1 aliphatic rings. The highest BCUT2D eigenvalue weighted by molar-refractivity contribution is 6.10. The fraction of sp³-hybridized carbons (Fsp3) is 0.438. The van der Waals surface area contributed by atoms with E-state index < -0.39 is 23.9 Å². The van der Waals surface area contributed by atoms with Gasteiger partial charge in [-0.1, -0.05) is 0 Å². The summed E-state index contributed by atoms with van der Waals surface area (Å²) >= 11 is 0. The number of amides is 2. The third kappa shape index (κ3) is 3.49.